The van der Waals surface area contributed by atoms with E-state index in [1.54, 1.807) is 4.90 Å². The predicted molar refractivity (Wildman–Crippen MR) is 51.8 cm³/mol. The molecule has 0 aromatic heterocycles. The Bertz CT molecular complexity index is 166. The van der Waals surface area contributed by atoms with E-state index in [-0.39, 0.29) is 6.03 Å². The molecule has 1 rings (SSSR count). The summed E-state index contributed by atoms with van der Waals surface area (Å²) in [6.07, 6.45) is 1.01. The van der Waals surface area contributed by atoms with E-state index < -0.39 is 0 Å². The minimum Gasteiger partial charge on any atom is -0.328 e. The van der Waals surface area contributed by atoms with Crippen LogP contribution in [0.4, 0.5) is 4.79 Å². The van der Waals surface area contributed by atoms with Crippen molar-refractivity contribution in [1.82, 2.24) is 15.1 Å². The van der Waals surface area contributed by atoms with Crippen molar-refractivity contribution in [3.05, 3.63) is 0 Å². The van der Waals surface area contributed by atoms with E-state index in [4.69, 9.17) is 0 Å². The maximum atomic E-state index is 11.7. The summed E-state index contributed by atoms with van der Waals surface area (Å²) in [5.74, 6) is 0. The zero-order valence-electron chi connectivity index (χ0n) is 8.49. The number of carbonyl (C=O) groups excluding carboxylic acids is 1. The molecule has 0 unspecified atom stereocenters. The number of urea groups is 1. The van der Waals surface area contributed by atoms with Crippen LogP contribution in [0.25, 0.3) is 0 Å². The SMILES string of the molecule is CCCN(C)C(=O)N1CC[N]CC1. The molecule has 1 fully saturated rings. The smallest absolute Gasteiger partial charge is 0.319 e. The molecular formula is C9H18N3O. The highest BCUT2D eigenvalue weighted by atomic mass is 16.2. The van der Waals surface area contributed by atoms with Gasteiger partial charge in [-0.1, -0.05) is 6.92 Å². The third kappa shape index (κ3) is 2.88. The Hall–Kier alpha value is -0.770. The molecule has 0 saturated carbocycles. The lowest BCUT2D eigenvalue weighted by atomic mass is 10.4. The Labute approximate surface area is 79.9 Å². The number of rotatable bonds is 2. The number of amides is 2. The third-order valence-electron chi connectivity index (χ3n) is 2.21. The second-order valence-electron chi connectivity index (χ2n) is 3.36. The quantitative estimate of drug-likeness (QED) is 0.611. The van der Waals surface area contributed by atoms with Crippen LogP contribution in [0.3, 0.4) is 0 Å². The Kier molecular flexibility index (Phi) is 4.02. The van der Waals surface area contributed by atoms with Gasteiger partial charge in [-0.3, -0.25) is 0 Å². The van der Waals surface area contributed by atoms with Crippen LogP contribution in [0.5, 0.6) is 0 Å². The molecule has 1 heterocycles. The van der Waals surface area contributed by atoms with E-state index in [9.17, 15) is 4.79 Å². The molecule has 0 bridgehead atoms. The molecule has 1 aliphatic rings. The molecule has 4 nitrogen and oxygen atoms in total. The number of carbonyl (C=O) groups is 1. The van der Waals surface area contributed by atoms with Gasteiger partial charge in [0.15, 0.2) is 0 Å². The first-order valence-corrected chi connectivity index (χ1v) is 4.89. The highest BCUT2D eigenvalue weighted by molar-refractivity contribution is 5.74. The fraction of sp³-hybridized carbons (Fsp3) is 0.889. The van der Waals surface area contributed by atoms with Gasteiger partial charge in [0.05, 0.1) is 0 Å². The minimum absolute atomic E-state index is 0.150. The summed E-state index contributed by atoms with van der Waals surface area (Å²) in [5.41, 5.74) is 0. The lowest BCUT2D eigenvalue weighted by Crippen LogP contribution is -2.48. The number of piperazine rings is 1. The Morgan fingerprint density at radius 2 is 2.08 bits per heavy atom. The van der Waals surface area contributed by atoms with E-state index in [0.717, 1.165) is 39.1 Å². The topological polar surface area (TPSA) is 37.7 Å². The summed E-state index contributed by atoms with van der Waals surface area (Å²) in [7, 11) is 1.86. The van der Waals surface area contributed by atoms with Gasteiger partial charge in [0, 0.05) is 39.8 Å². The molecule has 1 aliphatic heterocycles. The van der Waals surface area contributed by atoms with Gasteiger partial charge >= 0.3 is 6.03 Å². The number of nitrogens with zero attached hydrogens (tertiary/aromatic N) is 3. The number of hydrogen-bond donors (Lipinski definition) is 0. The largest absolute Gasteiger partial charge is 0.328 e. The summed E-state index contributed by atoms with van der Waals surface area (Å²) < 4.78 is 0. The summed E-state index contributed by atoms with van der Waals surface area (Å²) >= 11 is 0. The van der Waals surface area contributed by atoms with Crippen LogP contribution >= 0.6 is 0 Å². The molecule has 1 radical (unpaired) electrons. The fourth-order valence-electron chi connectivity index (χ4n) is 1.47. The van der Waals surface area contributed by atoms with Crippen LogP contribution in [0.15, 0.2) is 0 Å². The summed E-state index contributed by atoms with van der Waals surface area (Å²) in [5, 5.41) is 4.20. The average Bonchev–Trinajstić information content (AvgIpc) is 2.18. The molecule has 0 spiro atoms. The van der Waals surface area contributed by atoms with E-state index in [1.165, 1.54) is 0 Å². The van der Waals surface area contributed by atoms with Crippen LogP contribution in [-0.2, 0) is 0 Å². The van der Waals surface area contributed by atoms with Gasteiger partial charge < -0.3 is 9.80 Å². The molecule has 2 amide bonds. The minimum atomic E-state index is 0.150. The van der Waals surface area contributed by atoms with Crippen molar-refractivity contribution >= 4 is 6.03 Å². The van der Waals surface area contributed by atoms with Gasteiger partial charge in [0.1, 0.15) is 0 Å². The highest BCUT2D eigenvalue weighted by Crippen LogP contribution is 2.00. The van der Waals surface area contributed by atoms with Crippen molar-refractivity contribution in [2.24, 2.45) is 0 Å². The summed E-state index contributed by atoms with van der Waals surface area (Å²) in [4.78, 5) is 15.4. The molecule has 4 heteroatoms. The van der Waals surface area contributed by atoms with Crippen molar-refractivity contribution in [3.8, 4) is 0 Å². The monoisotopic (exact) mass is 184 g/mol. The van der Waals surface area contributed by atoms with Gasteiger partial charge in [0.25, 0.3) is 0 Å². The van der Waals surface area contributed by atoms with Crippen LogP contribution in [-0.4, -0.2) is 55.6 Å². The fourth-order valence-corrected chi connectivity index (χ4v) is 1.47. The van der Waals surface area contributed by atoms with Crippen LogP contribution in [0.2, 0.25) is 0 Å². The first kappa shape index (κ1) is 10.3. The first-order chi connectivity index (χ1) is 6.25. The molecule has 0 aromatic carbocycles. The normalized spacial score (nSPS) is 17.2. The lowest BCUT2D eigenvalue weighted by molar-refractivity contribution is 0.155. The van der Waals surface area contributed by atoms with Crippen LogP contribution in [0, 0.1) is 0 Å². The van der Waals surface area contributed by atoms with Crippen molar-refractivity contribution in [1.29, 1.82) is 0 Å². The van der Waals surface area contributed by atoms with Gasteiger partial charge in [0.2, 0.25) is 0 Å². The molecule has 75 valence electrons. The number of hydrogen-bond acceptors (Lipinski definition) is 1. The highest BCUT2D eigenvalue weighted by Gasteiger charge is 2.19. The average molecular weight is 184 g/mol. The Balaban J connectivity index is 2.36. The zero-order valence-corrected chi connectivity index (χ0v) is 8.49. The molecule has 13 heavy (non-hydrogen) atoms. The van der Waals surface area contributed by atoms with Crippen LogP contribution < -0.4 is 5.32 Å². The van der Waals surface area contributed by atoms with Gasteiger partial charge in [-0.05, 0) is 6.42 Å². The lowest BCUT2D eigenvalue weighted by Gasteiger charge is -2.30. The molecule has 0 N–H and O–H groups in total. The first-order valence-electron chi connectivity index (χ1n) is 4.89. The Morgan fingerprint density at radius 3 is 2.62 bits per heavy atom. The maximum Gasteiger partial charge on any atom is 0.319 e. The van der Waals surface area contributed by atoms with Crippen LogP contribution in [0.1, 0.15) is 13.3 Å². The summed E-state index contributed by atoms with van der Waals surface area (Å²) in [6.45, 7) is 6.08. The van der Waals surface area contributed by atoms with E-state index in [2.05, 4.69) is 12.2 Å². The van der Waals surface area contributed by atoms with Crippen molar-refractivity contribution < 1.29 is 4.79 Å². The van der Waals surface area contributed by atoms with E-state index in [1.807, 2.05) is 11.9 Å². The summed E-state index contributed by atoms with van der Waals surface area (Å²) in [6, 6.07) is 0.150. The van der Waals surface area contributed by atoms with Gasteiger partial charge in [-0.15, -0.1) is 0 Å². The maximum absolute atomic E-state index is 11.7. The second kappa shape index (κ2) is 5.07. The second-order valence-corrected chi connectivity index (χ2v) is 3.36. The van der Waals surface area contributed by atoms with E-state index >= 15 is 0 Å². The standard InChI is InChI=1S/C9H18N3O/c1-3-6-11(2)9(13)12-7-4-10-5-8-12/h3-8H2,1-2H3. The van der Waals surface area contributed by atoms with Gasteiger partial charge in [-0.2, -0.15) is 0 Å². The van der Waals surface area contributed by atoms with Gasteiger partial charge in [-0.25, -0.2) is 10.1 Å². The molecular weight excluding hydrogens is 166 g/mol. The Morgan fingerprint density at radius 1 is 1.46 bits per heavy atom. The third-order valence-corrected chi connectivity index (χ3v) is 2.21. The molecule has 0 aliphatic carbocycles. The van der Waals surface area contributed by atoms with Crippen molar-refractivity contribution in [2.75, 3.05) is 39.8 Å². The van der Waals surface area contributed by atoms with E-state index in [0.29, 0.717) is 0 Å². The molecule has 1 saturated heterocycles. The van der Waals surface area contributed by atoms with Crippen molar-refractivity contribution in [2.45, 2.75) is 13.3 Å². The molecule has 0 atom stereocenters. The zero-order chi connectivity index (χ0) is 9.68. The predicted octanol–water partition coefficient (Wildman–Crippen LogP) is 0.368. The molecule has 0 aromatic rings. The van der Waals surface area contributed by atoms with Crippen molar-refractivity contribution in [3.63, 3.8) is 0 Å².